The molecule has 0 unspecified atom stereocenters. The van der Waals surface area contributed by atoms with Crippen molar-refractivity contribution in [2.45, 2.75) is 26.9 Å². The second-order valence-corrected chi connectivity index (χ2v) is 4.37. The van der Waals surface area contributed by atoms with Crippen molar-refractivity contribution >= 4 is 11.6 Å². The fraction of sp³-hybridized carbons (Fsp3) is 0.417. The van der Waals surface area contributed by atoms with Gasteiger partial charge in [-0.3, -0.25) is 4.68 Å². The van der Waals surface area contributed by atoms with Gasteiger partial charge in [-0.1, -0.05) is 18.5 Å². The van der Waals surface area contributed by atoms with Crippen LogP contribution in [-0.2, 0) is 13.1 Å². The lowest BCUT2D eigenvalue weighted by Gasteiger charge is -1.97. The molecule has 17 heavy (non-hydrogen) atoms. The number of hydrogen-bond acceptors (Lipinski definition) is 3. The van der Waals surface area contributed by atoms with Gasteiger partial charge in [-0.15, -0.1) is 0 Å². The molecule has 0 saturated heterocycles. The van der Waals surface area contributed by atoms with Crippen LogP contribution in [0.4, 0.5) is 0 Å². The fourth-order valence-electron chi connectivity index (χ4n) is 1.69. The summed E-state index contributed by atoms with van der Waals surface area (Å²) in [5.41, 5.74) is 1.19. The predicted octanol–water partition coefficient (Wildman–Crippen LogP) is 2.60. The Hall–Kier alpha value is -1.26. The van der Waals surface area contributed by atoms with Crippen LogP contribution in [0.1, 0.15) is 24.0 Å². The van der Waals surface area contributed by atoms with Gasteiger partial charge in [0.05, 0.1) is 17.8 Å². The summed E-state index contributed by atoms with van der Waals surface area (Å²) in [7, 11) is 0. The van der Waals surface area contributed by atoms with Gasteiger partial charge < -0.3 is 9.73 Å². The molecular weight excluding hydrogens is 238 g/mol. The van der Waals surface area contributed by atoms with E-state index in [0.29, 0.717) is 11.6 Å². The molecule has 0 aliphatic heterocycles. The quantitative estimate of drug-likeness (QED) is 0.891. The Labute approximate surface area is 106 Å². The lowest BCUT2D eigenvalue weighted by atomic mass is 10.2. The Morgan fingerprint density at radius 2 is 2.35 bits per heavy atom. The Morgan fingerprint density at radius 3 is 3.00 bits per heavy atom. The molecule has 0 aliphatic carbocycles. The van der Waals surface area contributed by atoms with Crippen LogP contribution < -0.4 is 5.32 Å². The van der Waals surface area contributed by atoms with E-state index in [0.717, 1.165) is 24.6 Å². The zero-order valence-corrected chi connectivity index (χ0v) is 10.8. The van der Waals surface area contributed by atoms with Crippen molar-refractivity contribution in [3.63, 3.8) is 0 Å². The van der Waals surface area contributed by atoms with Crippen molar-refractivity contribution in [2.75, 3.05) is 6.54 Å². The first-order chi connectivity index (χ1) is 8.19. The van der Waals surface area contributed by atoms with Gasteiger partial charge in [-0.2, -0.15) is 5.10 Å². The number of nitrogens with zero attached hydrogens (tertiary/aromatic N) is 2. The van der Waals surface area contributed by atoms with Crippen molar-refractivity contribution in [3.8, 4) is 0 Å². The summed E-state index contributed by atoms with van der Waals surface area (Å²) in [6.07, 6.45) is 3.40. The summed E-state index contributed by atoms with van der Waals surface area (Å²) in [6.45, 7) is 6.47. The average Bonchev–Trinajstić information content (AvgIpc) is 2.83. The second-order valence-electron chi connectivity index (χ2n) is 3.93. The number of hydrogen-bond donors (Lipinski definition) is 1. The molecule has 0 fully saturated rings. The van der Waals surface area contributed by atoms with E-state index in [1.165, 1.54) is 5.56 Å². The highest BCUT2D eigenvalue weighted by atomic mass is 35.5. The summed E-state index contributed by atoms with van der Waals surface area (Å²) in [4.78, 5) is 0. The Bertz CT molecular complexity index is 490. The molecular formula is C12H16ClN3O. The number of nitrogens with one attached hydrogen (secondary N) is 1. The standard InChI is InChI=1S/C12H16ClN3O/c1-3-14-5-10-4-12(17-9(10)2)8-16-7-11(13)6-15-16/h4,6-7,14H,3,5,8H2,1-2H3. The molecule has 1 N–H and O–H groups in total. The van der Waals surface area contributed by atoms with Crippen LogP contribution in [0, 0.1) is 6.92 Å². The third-order valence-electron chi connectivity index (χ3n) is 2.56. The molecule has 2 aromatic heterocycles. The second kappa shape index (κ2) is 5.38. The van der Waals surface area contributed by atoms with Gasteiger partial charge in [0.25, 0.3) is 0 Å². The number of rotatable bonds is 5. The molecule has 0 spiro atoms. The highest BCUT2D eigenvalue weighted by molar-refractivity contribution is 6.30. The Balaban J connectivity index is 2.06. The molecule has 4 nitrogen and oxygen atoms in total. The monoisotopic (exact) mass is 253 g/mol. The minimum Gasteiger partial charge on any atom is -0.464 e. The molecule has 0 atom stereocenters. The first-order valence-corrected chi connectivity index (χ1v) is 6.03. The lowest BCUT2D eigenvalue weighted by Crippen LogP contribution is -2.11. The molecule has 2 rings (SSSR count). The van der Waals surface area contributed by atoms with Crippen molar-refractivity contribution in [1.29, 1.82) is 0 Å². The highest BCUT2D eigenvalue weighted by Crippen LogP contribution is 2.16. The van der Waals surface area contributed by atoms with Crippen LogP contribution in [0.25, 0.3) is 0 Å². The van der Waals surface area contributed by atoms with Crippen molar-refractivity contribution in [3.05, 3.63) is 40.6 Å². The molecule has 0 radical (unpaired) electrons. The fourth-order valence-corrected chi connectivity index (χ4v) is 1.84. The van der Waals surface area contributed by atoms with Gasteiger partial charge in [-0.25, -0.2) is 0 Å². The third-order valence-corrected chi connectivity index (χ3v) is 2.75. The van der Waals surface area contributed by atoms with Crippen molar-refractivity contribution < 1.29 is 4.42 Å². The Kier molecular flexibility index (Phi) is 3.86. The molecule has 0 aliphatic rings. The summed E-state index contributed by atoms with van der Waals surface area (Å²) in [5.74, 6) is 1.86. The SMILES string of the molecule is CCNCc1cc(Cn2cc(Cl)cn2)oc1C. The van der Waals surface area contributed by atoms with Crippen LogP contribution in [-0.4, -0.2) is 16.3 Å². The summed E-state index contributed by atoms with van der Waals surface area (Å²) in [6, 6.07) is 2.06. The molecule has 0 amide bonds. The Morgan fingerprint density at radius 1 is 1.53 bits per heavy atom. The minimum absolute atomic E-state index is 0.611. The van der Waals surface area contributed by atoms with Crippen LogP contribution >= 0.6 is 11.6 Å². The summed E-state index contributed by atoms with van der Waals surface area (Å²) in [5, 5.41) is 8.04. The molecule has 0 bridgehead atoms. The minimum atomic E-state index is 0.611. The number of furan rings is 1. The van der Waals surface area contributed by atoms with E-state index in [4.69, 9.17) is 16.0 Å². The first-order valence-electron chi connectivity index (χ1n) is 5.66. The van der Waals surface area contributed by atoms with Crippen LogP contribution in [0.3, 0.4) is 0 Å². The van der Waals surface area contributed by atoms with Crippen LogP contribution in [0.5, 0.6) is 0 Å². The van der Waals surface area contributed by atoms with E-state index in [2.05, 4.69) is 23.4 Å². The van der Waals surface area contributed by atoms with E-state index in [1.807, 2.05) is 6.92 Å². The zero-order valence-electron chi connectivity index (χ0n) is 10.0. The van der Waals surface area contributed by atoms with Crippen molar-refractivity contribution in [1.82, 2.24) is 15.1 Å². The van der Waals surface area contributed by atoms with E-state index in [-0.39, 0.29) is 0 Å². The highest BCUT2D eigenvalue weighted by Gasteiger charge is 2.08. The number of aryl methyl sites for hydroxylation is 1. The average molecular weight is 254 g/mol. The largest absolute Gasteiger partial charge is 0.464 e. The van der Waals surface area contributed by atoms with Gasteiger partial charge in [0.15, 0.2) is 0 Å². The summed E-state index contributed by atoms with van der Waals surface area (Å²) < 4.78 is 7.44. The topological polar surface area (TPSA) is 43.0 Å². The molecule has 0 aromatic carbocycles. The maximum absolute atomic E-state index is 5.81. The third kappa shape index (κ3) is 3.11. The number of aromatic nitrogens is 2. The van der Waals surface area contributed by atoms with Gasteiger partial charge in [0.1, 0.15) is 11.5 Å². The molecule has 92 valence electrons. The zero-order chi connectivity index (χ0) is 12.3. The predicted molar refractivity (Wildman–Crippen MR) is 67.2 cm³/mol. The van der Waals surface area contributed by atoms with E-state index >= 15 is 0 Å². The summed E-state index contributed by atoms with van der Waals surface area (Å²) >= 11 is 5.81. The molecule has 2 heterocycles. The van der Waals surface area contributed by atoms with E-state index in [1.54, 1.807) is 17.1 Å². The maximum Gasteiger partial charge on any atom is 0.125 e. The molecule has 0 saturated carbocycles. The van der Waals surface area contributed by atoms with Gasteiger partial charge >= 0.3 is 0 Å². The molecule has 2 aromatic rings. The van der Waals surface area contributed by atoms with E-state index in [9.17, 15) is 0 Å². The first kappa shape index (κ1) is 12.2. The maximum atomic E-state index is 5.81. The van der Waals surface area contributed by atoms with E-state index < -0.39 is 0 Å². The van der Waals surface area contributed by atoms with Gasteiger partial charge in [-0.05, 0) is 19.5 Å². The van der Waals surface area contributed by atoms with Crippen LogP contribution in [0.15, 0.2) is 22.9 Å². The van der Waals surface area contributed by atoms with Crippen LogP contribution in [0.2, 0.25) is 5.02 Å². The van der Waals surface area contributed by atoms with Crippen molar-refractivity contribution in [2.24, 2.45) is 0 Å². The van der Waals surface area contributed by atoms with Gasteiger partial charge in [0, 0.05) is 18.3 Å². The number of halogens is 1. The normalized spacial score (nSPS) is 11.0. The smallest absolute Gasteiger partial charge is 0.125 e. The lowest BCUT2D eigenvalue weighted by molar-refractivity contribution is 0.456. The van der Waals surface area contributed by atoms with Gasteiger partial charge in [0.2, 0.25) is 0 Å². The molecule has 5 heteroatoms.